The van der Waals surface area contributed by atoms with E-state index in [4.69, 9.17) is 6.42 Å². The number of likely N-dealkylation sites (tertiary alicyclic amines) is 1. The van der Waals surface area contributed by atoms with Gasteiger partial charge in [0.2, 0.25) is 0 Å². The van der Waals surface area contributed by atoms with Crippen molar-refractivity contribution in [1.29, 1.82) is 0 Å². The maximum atomic E-state index is 12.7. The summed E-state index contributed by atoms with van der Waals surface area (Å²) < 4.78 is 0. The smallest absolute Gasteiger partial charge is 0.323 e. The summed E-state index contributed by atoms with van der Waals surface area (Å²) in [7, 11) is 2.06. The van der Waals surface area contributed by atoms with Crippen molar-refractivity contribution < 1.29 is 9.59 Å². The van der Waals surface area contributed by atoms with Crippen LogP contribution in [-0.2, 0) is 4.79 Å². The fourth-order valence-electron chi connectivity index (χ4n) is 3.75. The van der Waals surface area contributed by atoms with Crippen LogP contribution in [0.3, 0.4) is 0 Å². The largest absolute Gasteiger partial charge is 0.325 e. The van der Waals surface area contributed by atoms with Crippen LogP contribution in [0.25, 0.3) is 0 Å². The van der Waals surface area contributed by atoms with Gasteiger partial charge in [0, 0.05) is 11.1 Å². The number of amides is 3. The summed E-state index contributed by atoms with van der Waals surface area (Å²) in [6.07, 6.45) is 6.42. The summed E-state index contributed by atoms with van der Waals surface area (Å²) in [5.74, 6) is 2.19. The molecule has 0 aromatic carbocycles. The molecule has 2 saturated heterocycles. The van der Waals surface area contributed by atoms with Crippen LogP contribution >= 0.6 is 0 Å². The molecule has 0 radical (unpaired) electrons. The Morgan fingerprint density at radius 3 is 2.15 bits per heavy atom. The van der Waals surface area contributed by atoms with Crippen molar-refractivity contribution in [3.8, 4) is 12.3 Å². The van der Waals surface area contributed by atoms with Crippen molar-refractivity contribution in [2.75, 3.05) is 13.6 Å². The number of rotatable bonds is 1. The number of urea groups is 1. The van der Waals surface area contributed by atoms with Crippen LogP contribution < -0.4 is 5.32 Å². The zero-order valence-corrected chi connectivity index (χ0v) is 12.9. The Morgan fingerprint density at radius 1 is 1.20 bits per heavy atom. The molecule has 0 aliphatic carbocycles. The molecule has 0 aromatic heterocycles. The van der Waals surface area contributed by atoms with Crippen LogP contribution in [0.2, 0.25) is 0 Å². The molecule has 5 heteroatoms. The summed E-state index contributed by atoms with van der Waals surface area (Å²) in [4.78, 5) is 28.2. The second kappa shape index (κ2) is 4.23. The van der Waals surface area contributed by atoms with Crippen LogP contribution in [0, 0.1) is 12.3 Å². The van der Waals surface area contributed by atoms with Gasteiger partial charge < -0.3 is 5.32 Å². The lowest BCUT2D eigenvalue weighted by Crippen LogP contribution is -2.68. The van der Waals surface area contributed by atoms with Gasteiger partial charge in [-0.25, -0.2) is 4.79 Å². The lowest BCUT2D eigenvalue weighted by Gasteiger charge is -2.56. The van der Waals surface area contributed by atoms with Gasteiger partial charge in [0.1, 0.15) is 5.54 Å². The molecule has 0 saturated carbocycles. The minimum atomic E-state index is -0.826. The van der Waals surface area contributed by atoms with Crippen molar-refractivity contribution >= 4 is 11.9 Å². The summed E-state index contributed by atoms with van der Waals surface area (Å²) in [5.41, 5.74) is -1.19. The Morgan fingerprint density at radius 2 is 1.70 bits per heavy atom. The number of hydrogen-bond donors (Lipinski definition) is 1. The van der Waals surface area contributed by atoms with E-state index in [0.717, 1.165) is 4.90 Å². The molecule has 110 valence electrons. The Bertz CT molecular complexity index is 484. The quantitative estimate of drug-likeness (QED) is 0.579. The highest BCUT2D eigenvalue weighted by Crippen LogP contribution is 2.44. The molecule has 1 N–H and O–H groups in total. The monoisotopic (exact) mass is 277 g/mol. The second-order valence-corrected chi connectivity index (χ2v) is 7.15. The number of nitrogens with one attached hydrogen (secondary N) is 1. The van der Waals surface area contributed by atoms with E-state index in [2.05, 4.69) is 50.9 Å². The highest BCUT2D eigenvalue weighted by molar-refractivity contribution is 6.07. The molecule has 0 aromatic rings. The molecule has 2 rings (SSSR count). The first-order valence-electron chi connectivity index (χ1n) is 6.87. The van der Waals surface area contributed by atoms with Gasteiger partial charge >= 0.3 is 6.03 Å². The minimum Gasteiger partial charge on any atom is -0.323 e. The summed E-state index contributed by atoms with van der Waals surface area (Å²) in [6.45, 7) is 8.42. The molecule has 0 atom stereocenters. The molecule has 20 heavy (non-hydrogen) atoms. The predicted octanol–water partition coefficient (Wildman–Crippen LogP) is 1.19. The first-order valence-corrected chi connectivity index (χ1v) is 6.87. The van der Waals surface area contributed by atoms with Gasteiger partial charge in [-0.1, -0.05) is 5.92 Å². The topological polar surface area (TPSA) is 52.7 Å². The molecule has 0 bridgehead atoms. The second-order valence-electron chi connectivity index (χ2n) is 7.15. The molecule has 2 heterocycles. The summed E-state index contributed by atoms with van der Waals surface area (Å²) in [5, 5.41) is 2.90. The average Bonchev–Trinajstić information content (AvgIpc) is 2.50. The van der Waals surface area contributed by atoms with E-state index in [0.29, 0.717) is 12.8 Å². The molecular formula is C15H23N3O2. The van der Waals surface area contributed by atoms with Gasteiger partial charge in [0.25, 0.3) is 5.91 Å². The standard InChI is InChI=1S/C15H23N3O2/c1-7-8-18-11(19)15(16-12(18)20)9-13(2,3)17(6)14(4,5)10-15/h1H,8-10H2,2-6H3,(H,16,20). The highest BCUT2D eigenvalue weighted by Gasteiger charge is 2.60. The zero-order chi connectivity index (χ0) is 15.3. The molecule has 2 aliphatic heterocycles. The summed E-state index contributed by atoms with van der Waals surface area (Å²) in [6, 6.07) is -0.371. The van der Waals surface area contributed by atoms with Crippen LogP contribution in [0.5, 0.6) is 0 Å². The number of carbonyl (C=O) groups is 2. The Labute approximate surface area is 120 Å². The zero-order valence-electron chi connectivity index (χ0n) is 12.9. The van der Waals surface area contributed by atoms with Crippen molar-refractivity contribution in [2.24, 2.45) is 0 Å². The highest BCUT2D eigenvalue weighted by atomic mass is 16.2. The normalized spacial score (nSPS) is 27.5. The van der Waals surface area contributed by atoms with Crippen molar-refractivity contribution in [3.63, 3.8) is 0 Å². The average molecular weight is 277 g/mol. The first-order chi connectivity index (χ1) is 9.06. The maximum Gasteiger partial charge on any atom is 0.325 e. The minimum absolute atomic E-state index is 0.0309. The third kappa shape index (κ3) is 1.99. The predicted molar refractivity (Wildman–Crippen MR) is 77.0 cm³/mol. The van der Waals surface area contributed by atoms with Gasteiger partial charge in [-0.15, -0.1) is 6.42 Å². The SMILES string of the molecule is C#CCN1C(=O)NC2(CC(C)(C)N(C)C(C)(C)C2)C1=O. The van der Waals surface area contributed by atoms with Gasteiger partial charge in [0.05, 0.1) is 6.54 Å². The molecular weight excluding hydrogens is 254 g/mol. The Kier molecular flexibility index (Phi) is 3.14. The van der Waals surface area contributed by atoms with Gasteiger partial charge in [-0.05, 0) is 47.6 Å². The van der Waals surface area contributed by atoms with Crippen molar-refractivity contribution in [3.05, 3.63) is 0 Å². The molecule has 2 fully saturated rings. The van der Waals surface area contributed by atoms with Crippen LogP contribution in [0.15, 0.2) is 0 Å². The number of piperidine rings is 1. The van der Waals surface area contributed by atoms with Crippen LogP contribution in [0.4, 0.5) is 4.79 Å². The van der Waals surface area contributed by atoms with E-state index in [-0.39, 0.29) is 29.6 Å². The third-order valence-corrected chi connectivity index (χ3v) is 4.78. The Hall–Kier alpha value is -1.54. The third-order valence-electron chi connectivity index (χ3n) is 4.78. The summed E-state index contributed by atoms with van der Waals surface area (Å²) >= 11 is 0. The number of hydrogen-bond acceptors (Lipinski definition) is 3. The number of nitrogens with zero attached hydrogens (tertiary/aromatic N) is 2. The van der Waals surface area contributed by atoms with Crippen molar-refractivity contribution in [1.82, 2.24) is 15.1 Å². The van der Waals surface area contributed by atoms with E-state index >= 15 is 0 Å². The number of carbonyl (C=O) groups excluding carboxylic acids is 2. The number of terminal acetylenes is 1. The van der Waals surface area contributed by atoms with E-state index < -0.39 is 5.54 Å². The van der Waals surface area contributed by atoms with Crippen LogP contribution in [0.1, 0.15) is 40.5 Å². The van der Waals surface area contributed by atoms with E-state index in [1.807, 2.05) is 0 Å². The van der Waals surface area contributed by atoms with Gasteiger partial charge in [-0.3, -0.25) is 14.6 Å². The van der Waals surface area contributed by atoms with Gasteiger partial charge in [-0.2, -0.15) is 0 Å². The molecule has 3 amide bonds. The van der Waals surface area contributed by atoms with Gasteiger partial charge in [0.15, 0.2) is 0 Å². The van der Waals surface area contributed by atoms with Crippen LogP contribution in [-0.4, -0.2) is 51.9 Å². The lowest BCUT2D eigenvalue weighted by molar-refractivity contribution is -0.139. The van der Waals surface area contributed by atoms with E-state index in [1.54, 1.807) is 0 Å². The molecule has 2 aliphatic rings. The fraction of sp³-hybridized carbons (Fsp3) is 0.733. The molecule has 1 spiro atoms. The first kappa shape index (κ1) is 14.9. The molecule has 0 unspecified atom stereocenters. The number of imide groups is 1. The Balaban J connectivity index is 2.40. The lowest BCUT2D eigenvalue weighted by atomic mass is 9.69. The maximum absolute atomic E-state index is 12.7. The van der Waals surface area contributed by atoms with E-state index in [9.17, 15) is 9.59 Å². The molecule has 5 nitrogen and oxygen atoms in total. The van der Waals surface area contributed by atoms with E-state index in [1.165, 1.54) is 0 Å². The fourth-order valence-corrected chi connectivity index (χ4v) is 3.75. The van der Waals surface area contributed by atoms with Crippen molar-refractivity contribution in [2.45, 2.75) is 57.2 Å².